The van der Waals surface area contributed by atoms with E-state index in [9.17, 15) is 4.79 Å². The molecule has 1 heterocycles. The monoisotopic (exact) mass is 330 g/mol. The van der Waals surface area contributed by atoms with Gasteiger partial charge in [-0.3, -0.25) is 0 Å². The molecule has 1 N–H and O–H groups in total. The molecule has 3 aromatic carbocycles. The molecule has 0 aliphatic rings. The molecule has 2 nitrogen and oxygen atoms in total. The van der Waals surface area contributed by atoms with Crippen molar-refractivity contribution in [3.8, 4) is 22.3 Å². The predicted octanol–water partition coefficient (Wildman–Crippen LogP) is 5.93. The van der Waals surface area contributed by atoms with E-state index in [2.05, 4.69) is 42.5 Å². The van der Waals surface area contributed by atoms with Gasteiger partial charge in [0, 0.05) is 4.70 Å². The minimum atomic E-state index is -0.870. The Kier molecular flexibility index (Phi) is 3.63. The van der Waals surface area contributed by atoms with Gasteiger partial charge < -0.3 is 5.11 Å². The SMILES string of the molecule is O=C(O)c1cc2cc(-c3ccc(-c4ccccc4)cc3)ccc2s1. The number of thiophene rings is 1. The van der Waals surface area contributed by atoms with E-state index in [0.717, 1.165) is 21.2 Å². The highest BCUT2D eigenvalue weighted by atomic mass is 32.1. The van der Waals surface area contributed by atoms with Crippen molar-refractivity contribution in [2.24, 2.45) is 0 Å². The molecule has 1 aromatic heterocycles. The molecule has 0 amide bonds. The molecule has 0 radical (unpaired) electrons. The number of carboxylic acid groups (broad SMARTS) is 1. The van der Waals surface area contributed by atoms with Gasteiger partial charge in [0.1, 0.15) is 4.88 Å². The fourth-order valence-corrected chi connectivity index (χ4v) is 3.70. The molecule has 0 spiro atoms. The smallest absolute Gasteiger partial charge is 0.345 e. The van der Waals surface area contributed by atoms with Crippen LogP contribution in [0, 0.1) is 0 Å². The van der Waals surface area contributed by atoms with E-state index in [1.54, 1.807) is 6.07 Å². The number of benzene rings is 3. The number of carboxylic acids is 1. The second-order valence-corrected chi connectivity index (χ2v) is 6.70. The van der Waals surface area contributed by atoms with Crippen molar-refractivity contribution in [1.82, 2.24) is 0 Å². The summed E-state index contributed by atoms with van der Waals surface area (Å²) < 4.78 is 0.997. The third-order valence-electron chi connectivity index (χ3n) is 4.05. The Morgan fingerprint density at radius 2 is 1.29 bits per heavy atom. The third-order valence-corrected chi connectivity index (χ3v) is 5.16. The van der Waals surface area contributed by atoms with E-state index >= 15 is 0 Å². The summed E-state index contributed by atoms with van der Waals surface area (Å²) in [6, 6.07) is 26.5. The fourth-order valence-electron chi connectivity index (χ4n) is 2.81. The summed E-state index contributed by atoms with van der Waals surface area (Å²) in [6.07, 6.45) is 0. The minimum absolute atomic E-state index is 0.376. The van der Waals surface area contributed by atoms with Crippen molar-refractivity contribution in [2.45, 2.75) is 0 Å². The number of aromatic carboxylic acids is 1. The second-order valence-electron chi connectivity index (χ2n) is 5.61. The predicted molar refractivity (Wildman–Crippen MR) is 99.7 cm³/mol. The Hall–Kier alpha value is -2.91. The Bertz CT molecular complexity index is 1010. The van der Waals surface area contributed by atoms with Crippen LogP contribution in [0.5, 0.6) is 0 Å². The second kappa shape index (κ2) is 5.95. The lowest BCUT2D eigenvalue weighted by molar-refractivity contribution is 0.0702. The van der Waals surface area contributed by atoms with Gasteiger partial charge in [-0.2, -0.15) is 0 Å². The van der Waals surface area contributed by atoms with E-state index in [1.807, 2.05) is 30.3 Å². The van der Waals surface area contributed by atoms with Gasteiger partial charge in [-0.25, -0.2) is 4.79 Å². The molecule has 0 bridgehead atoms. The fraction of sp³-hybridized carbons (Fsp3) is 0. The summed E-state index contributed by atoms with van der Waals surface area (Å²) in [5.74, 6) is -0.870. The highest BCUT2D eigenvalue weighted by Crippen LogP contribution is 2.31. The highest BCUT2D eigenvalue weighted by molar-refractivity contribution is 7.20. The summed E-state index contributed by atoms with van der Waals surface area (Å²) in [7, 11) is 0. The van der Waals surface area contributed by atoms with Gasteiger partial charge in [0.05, 0.1) is 0 Å². The van der Waals surface area contributed by atoms with Crippen molar-refractivity contribution in [2.75, 3.05) is 0 Å². The lowest BCUT2D eigenvalue weighted by Crippen LogP contribution is -1.89. The average molecular weight is 330 g/mol. The Labute approximate surface area is 143 Å². The molecule has 0 saturated carbocycles. The van der Waals surface area contributed by atoms with Crippen LogP contribution in [0.1, 0.15) is 9.67 Å². The van der Waals surface area contributed by atoms with E-state index in [1.165, 1.54) is 22.5 Å². The molecular weight excluding hydrogens is 316 g/mol. The maximum Gasteiger partial charge on any atom is 0.345 e. The Morgan fingerprint density at radius 3 is 1.96 bits per heavy atom. The average Bonchev–Trinajstić information content (AvgIpc) is 3.06. The van der Waals surface area contributed by atoms with Crippen molar-refractivity contribution in [1.29, 1.82) is 0 Å². The largest absolute Gasteiger partial charge is 0.477 e. The summed E-state index contributed by atoms with van der Waals surface area (Å²) >= 11 is 1.31. The van der Waals surface area contributed by atoms with Gasteiger partial charge in [0.25, 0.3) is 0 Å². The number of fused-ring (bicyclic) bond motifs is 1. The van der Waals surface area contributed by atoms with Gasteiger partial charge in [0.2, 0.25) is 0 Å². The topological polar surface area (TPSA) is 37.3 Å². The third kappa shape index (κ3) is 2.70. The number of carbonyl (C=O) groups is 1. The Morgan fingerprint density at radius 1 is 0.708 bits per heavy atom. The highest BCUT2D eigenvalue weighted by Gasteiger charge is 2.09. The molecule has 4 rings (SSSR count). The van der Waals surface area contributed by atoms with Gasteiger partial charge >= 0.3 is 5.97 Å². The molecular formula is C21H14O2S. The van der Waals surface area contributed by atoms with Crippen molar-refractivity contribution >= 4 is 27.4 Å². The molecule has 0 aliphatic carbocycles. The molecule has 3 heteroatoms. The van der Waals surface area contributed by atoms with E-state index in [0.29, 0.717) is 4.88 Å². The molecule has 0 saturated heterocycles. The zero-order valence-electron chi connectivity index (χ0n) is 12.8. The van der Waals surface area contributed by atoms with E-state index in [4.69, 9.17) is 5.11 Å². The van der Waals surface area contributed by atoms with Crippen LogP contribution < -0.4 is 0 Å². The number of hydrogen-bond donors (Lipinski definition) is 1. The van der Waals surface area contributed by atoms with Crippen molar-refractivity contribution < 1.29 is 9.90 Å². The lowest BCUT2D eigenvalue weighted by atomic mass is 10.00. The van der Waals surface area contributed by atoms with Crippen LogP contribution in [-0.4, -0.2) is 11.1 Å². The molecule has 0 aliphatic heterocycles. The maximum absolute atomic E-state index is 11.1. The number of hydrogen-bond acceptors (Lipinski definition) is 2. The zero-order chi connectivity index (χ0) is 16.5. The summed E-state index contributed by atoms with van der Waals surface area (Å²) in [6.45, 7) is 0. The van der Waals surface area contributed by atoms with Gasteiger partial charge in [-0.1, -0.05) is 60.7 Å². The zero-order valence-corrected chi connectivity index (χ0v) is 13.6. The molecule has 116 valence electrons. The van der Waals surface area contributed by atoms with Crippen LogP contribution in [-0.2, 0) is 0 Å². The van der Waals surface area contributed by atoms with Crippen molar-refractivity contribution in [3.05, 3.63) is 83.7 Å². The standard InChI is InChI=1S/C21H14O2S/c22-21(23)20-13-18-12-17(10-11-19(18)24-20)16-8-6-15(7-9-16)14-4-2-1-3-5-14/h1-13H,(H,22,23). The summed E-state index contributed by atoms with van der Waals surface area (Å²) in [5, 5.41) is 10.1. The van der Waals surface area contributed by atoms with Gasteiger partial charge in [-0.05, 0) is 45.8 Å². The molecule has 4 aromatic rings. The van der Waals surface area contributed by atoms with Crippen LogP contribution >= 0.6 is 11.3 Å². The quantitative estimate of drug-likeness (QED) is 0.505. The first-order valence-corrected chi connectivity index (χ1v) is 8.45. The maximum atomic E-state index is 11.1. The van der Waals surface area contributed by atoms with Crippen LogP contribution in [0.2, 0.25) is 0 Å². The van der Waals surface area contributed by atoms with Gasteiger partial charge in [-0.15, -0.1) is 11.3 Å². The molecule has 0 unspecified atom stereocenters. The first kappa shape index (κ1) is 14.7. The van der Waals surface area contributed by atoms with Crippen molar-refractivity contribution in [3.63, 3.8) is 0 Å². The normalized spacial score (nSPS) is 10.8. The lowest BCUT2D eigenvalue weighted by Gasteiger charge is -2.05. The first-order valence-electron chi connectivity index (χ1n) is 7.63. The summed E-state index contributed by atoms with van der Waals surface area (Å²) in [4.78, 5) is 11.5. The molecule has 24 heavy (non-hydrogen) atoms. The first-order chi connectivity index (χ1) is 11.7. The van der Waals surface area contributed by atoms with Gasteiger partial charge in [0.15, 0.2) is 0 Å². The van der Waals surface area contributed by atoms with Crippen LogP contribution in [0.4, 0.5) is 0 Å². The molecule has 0 fully saturated rings. The Balaban J connectivity index is 1.70. The summed E-state index contributed by atoms with van der Waals surface area (Å²) in [5.41, 5.74) is 4.60. The molecule has 0 atom stereocenters. The van der Waals surface area contributed by atoms with Crippen LogP contribution in [0.3, 0.4) is 0 Å². The van der Waals surface area contributed by atoms with E-state index < -0.39 is 5.97 Å². The number of rotatable bonds is 3. The van der Waals surface area contributed by atoms with Crippen LogP contribution in [0.15, 0.2) is 78.9 Å². The minimum Gasteiger partial charge on any atom is -0.477 e. The van der Waals surface area contributed by atoms with Crippen LogP contribution in [0.25, 0.3) is 32.3 Å². The van der Waals surface area contributed by atoms with E-state index in [-0.39, 0.29) is 0 Å².